The summed E-state index contributed by atoms with van der Waals surface area (Å²) in [5.41, 5.74) is 0. The summed E-state index contributed by atoms with van der Waals surface area (Å²) in [5, 5.41) is 2.89. The van der Waals surface area contributed by atoms with Crippen molar-refractivity contribution >= 4 is 15.7 Å². The van der Waals surface area contributed by atoms with Gasteiger partial charge in [0.05, 0.1) is 18.1 Å². The molecule has 0 aromatic rings. The van der Waals surface area contributed by atoms with Crippen LogP contribution in [0.4, 0.5) is 0 Å². The van der Waals surface area contributed by atoms with E-state index in [9.17, 15) is 13.2 Å². The zero-order valence-electron chi connectivity index (χ0n) is 12.0. The number of carbonyl (C=O) groups excluding carboxylic acids is 1. The van der Waals surface area contributed by atoms with Gasteiger partial charge in [0.15, 0.2) is 9.84 Å². The maximum absolute atomic E-state index is 11.7. The number of likely N-dealkylation sites (N-methyl/N-ethyl adjacent to an activating group) is 1. The number of amides is 1. The largest absolute Gasteiger partial charge is 0.355 e. The molecule has 1 fully saturated rings. The third kappa shape index (κ3) is 6.38. The predicted molar refractivity (Wildman–Crippen MR) is 76.8 cm³/mol. The number of hydrogen-bond donors (Lipinski definition) is 1. The van der Waals surface area contributed by atoms with E-state index in [1.807, 2.05) is 11.9 Å². The Morgan fingerprint density at radius 1 is 1.32 bits per heavy atom. The van der Waals surface area contributed by atoms with Crippen LogP contribution in [0.5, 0.6) is 0 Å². The molecule has 1 rings (SSSR count). The van der Waals surface area contributed by atoms with Crippen LogP contribution in [0.3, 0.4) is 0 Å². The molecule has 0 saturated carbocycles. The van der Waals surface area contributed by atoms with Crippen LogP contribution in [0.2, 0.25) is 0 Å². The lowest BCUT2D eigenvalue weighted by molar-refractivity contribution is -0.122. The Morgan fingerprint density at radius 2 is 2.05 bits per heavy atom. The van der Waals surface area contributed by atoms with E-state index >= 15 is 0 Å². The van der Waals surface area contributed by atoms with E-state index in [0.717, 1.165) is 19.4 Å². The molecule has 0 spiro atoms. The highest BCUT2D eigenvalue weighted by Gasteiger charge is 2.31. The van der Waals surface area contributed by atoms with Crippen molar-refractivity contribution in [2.24, 2.45) is 0 Å². The van der Waals surface area contributed by atoms with Crippen LogP contribution in [-0.2, 0) is 14.6 Å². The minimum atomic E-state index is -2.88. The monoisotopic (exact) mass is 290 g/mol. The molecule has 19 heavy (non-hydrogen) atoms. The Balaban J connectivity index is 2.18. The summed E-state index contributed by atoms with van der Waals surface area (Å²) in [7, 11) is -1.06. The number of hydrogen-bond acceptors (Lipinski definition) is 4. The highest BCUT2D eigenvalue weighted by Crippen LogP contribution is 2.15. The van der Waals surface area contributed by atoms with Crippen molar-refractivity contribution in [1.82, 2.24) is 10.2 Å². The van der Waals surface area contributed by atoms with Crippen LogP contribution in [0.1, 0.15) is 39.0 Å². The van der Waals surface area contributed by atoms with Crippen molar-refractivity contribution in [3.05, 3.63) is 0 Å². The lowest BCUT2D eigenvalue weighted by atomic mass is 10.2. The Morgan fingerprint density at radius 3 is 2.63 bits per heavy atom. The van der Waals surface area contributed by atoms with E-state index in [1.54, 1.807) is 0 Å². The summed E-state index contributed by atoms with van der Waals surface area (Å²) >= 11 is 0. The fourth-order valence-corrected chi connectivity index (χ4v) is 4.12. The Labute approximate surface area is 116 Å². The second kappa shape index (κ2) is 7.85. The highest BCUT2D eigenvalue weighted by atomic mass is 32.2. The average Bonchev–Trinajstić information content (AvgIpc) is 2.69. The second-order valence-corrected chi connectivity index (χ2v) is 7.61. The van der Waals surface area contributed by atoms with Crippen molar-refractivity contribution in [3.8, 4) is 0 Å². The topological polar surface area (TPSA) is 66.5 Å². The fourth-order valence-electron chi connectivity index (χ4n) is 2.31. The van der Waals surface area contributed by atoms with Crippen molar-refractivity contribution in [1.29, 1.82) is 0 Å². The maximum atomic E-state index is 11.7. The van der Waals surface area contributed by atoms with E-state index in [0.29, 0.717) is 6.42 Å². The molecule has 5 nitrogen and oxygen atoms in total. The molecule has 1 amide bonds. The van der Waals surface area contributed by atoms with Crippen LogP contribution >= 0.6 is 0 Å². The van der Waals surface area contributed by atoms with E-state index in [-0.39, 0.29) is 30.0 Å². The molecule has 1 aliphatic heterocycles. The Hall–Kier alpha value is -0.620. The zero-order chi connectivity index (χ0) is 14.3. The highest BCUT2D eigenvalue weighted by molar-refractivity contribution is 7.91. The Kier molecular flexibility index (Phi) is 6.79. The minimum Gasteiger partial charge on any atom is -0.355 e. The number of carbonyl (C=O) groups is 1. The smallest absolute Gasteiger partial charge is 0.234 e. The number of unbranched alkanes of at least 4 members (excludes halogenated alkanes) is 3. The zero-order valence-corrected chi connectivity index (χ0v) is 12.8. The first-order chi connectivity index (χ1) is 8.94. The van der Waals surface area contributed by atoms with Crippen molar-refractivity contribution in [2.75, 3.05) is 31.6 Å². The van der Waals surface area contributed by atoms with Gasteiger partial charge in [0.1, 0.15) is 0 Å². The molecule has 0 bridgehead atoms. The molecule has 1 unspecified atom stereocenters. The molecule has 0 aromatic carbocycles. The van der Waals surface area contributed by atoms with E-state index < -0.39 is 9.84 Å². The molecule has 1 N–H and O–H groups in total. The Bertz CT molecular complexity index is 381. The van der Waals surface area contributed by atoms with Gasteiger partial charge in [-0.2, -0.15) is 0 Å². The summed E-state index contributed by atoms with van der Waals surface area (Å²) in [6, 6.07) is -0.00385. The average molecular weight is 290 g/mol. The second-order valence-electron chi connectivity index (χ2n) is 5.38. The molecule has 112 valence electrons. The summed E-state index contributed by atoms with van der Waals surface area (Å²) < 4.78 is 22.8. The number of nitrogens with one attached hydrogen (secondary N) is 1. The lowest BCUT2D eigenvalue weighted by Crippen LogP contribution is -2.41. The standard InChI is InChI=1S/C13H26N2O3S/c1-3-4-5-6-8-14-13(16)10-15(2)12-7-9-19(17,18)11-12/h12H,3-11H2,1-2H3,(H,14,16). The van der Waals surface area contributed by atoms with E-state index in [4.69, 9.17) is 0 Å². The van der Waals surface area contributed by atoms with Gasteiger partial charge in [0.25, 0.3) is 0 Å². The molecule has 1 aliphatic rings. The number of sulfone groups is 1. The molecular weight excluding hydrogens is 264 g/mol. The van der Waals surface area contributed by atoms with Gasteiger partial charge in [0.2, 0.25) is 5.91 Å². The van der Waals surface area contributed by atoms with Gasteiger partial charge in [-0.05, 0) is 19.9 Å². The van der Waals surface area contributed by atoms with Crippen LogP contribution in [0.25, 0.3) is 0 Å². The van der Waals surface area contributed by atoms with Crippen molar-refractivity contribution in [2.45, 2.75) is 45.1 Å². The van der Waals surface area contributed by atoms with Crippen LogP contribution in [0, 0.1) is 0 Å². The van der Waals surface area contributed by atoms with Gasteiger partial charge < -0.3 is 5.32 Å². The first-order valence-electron chi connectivity index (χ1n) is 7.12. The summed E-state index contributed by atoms with van der Waals surface area (Å²) in [4.78, 5) is 13.6. The minimum absolute atomic E-state index is 0.00385. The van der Waals surface area contributed by atoms with Crippen LogP contribution in [-0.4, -0.2) is 56.9 Å². The van der Waals surface area contributed by atoms with Gasteiger partial charge >= 0.3 is 0 Å². The molecule has 6 heteroatoms. The molecular formula is C13H26N2O3S. The fraction of sp³-hybridized carbons (Fsp3) is 0.923. The third-order valence-corrected chi connectivity index (χ3v) is 5.33. The number of rotatable bonds is 8. The van der Waals surface area contributed by atoms with Gasteiger partial charge in [-0.15, -0.1) is 0 Å². The van der Waals surface area contributed by atoms with Crippen molar-refractivity contribution in [3.63, 3.8) is 0 Å². The van der Waals surface area contributed by atoms with Gasteiger partial charge in [-0.25, -0.2) is 8.42 Å². The SMILES string of the molecule is CCCCCCNC(=O)CN(C)C1CCS(=O)(=O)C1. The number of nitrogens with zero attached hydrogens (tertiary/aromatic N) is 1. The third-order valence-electron chi connectivity index (χ3n) is 3.58. The normalized spacial score (nSPS) is 21.7. The van der Waals surface area contributed by atoms with Crippen LogP contribution < -0.4 is 5.32 Å². The van der Waals surface area contributed by atoms with Gasteiger partial charge in [0, 0.05) is 12.6 Å². The maximum Gasteiger partial charge on any atom is 0.234 e. The first-order valence-corrected chi connectivity index (χ1v) is 8.94. The van der Waals surface area contributed by atoms with E-state index in [2.05, 4.69) is 12.2 Å². The van der Waals surface area contributed by atoms with Gasteiger partial charge in [-0.1, -0.05) is 26.2 Å². The predicted octanol–water partition coefficient (Wildman–Crippen LogP) is 0.802. The quantitative estimate of drug-likeness (QED) is 0.672. The lowest BCUT2D eigenvalue weighted by Gasteiger charge is -2.22. The van der Waals surface area contributed by atoms with E-state index in [1.165, 1.54) is 12.8 Å². The van der Waals surface area contributed by atoms with Crippen LogP contribution in [0.15, 0.2) is 0 Å². The summed E-state index contributed by atoms with van der Waals surface area (Å²) in [5.74, 6) is 0.428. The molecule has 1 heterocycles. The molecule has 0 aromatic heterocycles. The summed E-state index contributed by atoms with van der Waals surface area (Å²) in [6.45, 7) is 3.16. The molecule has 0 aliphatic carbocycles. The summed E-state index contributed by atoms with van der Waals surface area (Å²) in [6.07, 6.45) is 5.19. The molecule has 1 saturated heterocycles. The van der Waals surface area contributed by atoms with Gasteiger partial charge in [-0.3, -0.25) is 9.69 Å². The first kappa shape index (κ1) is 16.4. The molecule has 1 atom stereocenters. The van der Waals surface area contributed by atoms with Crippen molar-refractivity contribution < 1.29 is 13.2 Å². The molecule has 0 radical (unpaired) electrons.